The van der Waals surface area contributed by atoms with E-state index in [9.17, 15) is 0 Å². The first-order valence-electron chi connectivity index (χ1n) is 6.69. The number of halogens is 2. The molecule has 0 fully saturated rings. The topological polar surface area (TPSA) is 38.0 Å². The fraction of sp³-hybridized carbons (Fsp3) is 0.250. The Hall–Kier alpha value is -0.710. The molecule has 3 N–H and O–H groups in total. The number of rotatable bonds is 6. The van der Waals surface area contributed by atoms with Gasteiger partial charge in [-0.2, -0.15) is 0 Å². The van der Waals surface area contributed by atoms with Crippen molar-refractivity contribution in [2.75, 3.05) is 5.75 Å². The van der Waals surface area contributed by atoms with E-state index in [1.54, 1.807) is 11.8 Å². The predicted octanol–water partition coefficient (Wildman–Crippen LogP) is 4.47. The summed E-state index contributed by atoms with van der Waals surface area (Å²) in [4.78, 5) is 1.27. The molecular formula is C16H18Cl2N2S. The van der Waals surface area contributed by atoms with E-state index >= 15 is 0 Å². The molecule has 2 rings (SSSR count). The second-order valence-electron chi connectivity index (χ2n) is 4.84. The van der Waals surface area contributed by atoms with Crippen molar-refractivity contribution in [3.05, 3.63) is 63.6 Å². The van der Waals surface area contributed by atoms with Gasteiger partial charge in [-0.15, -0.1) is 11.8 Å². The Bertz CT molecular complexity index is 584. The minimum atomic E-state index is 0.104. The molecule has 0 radical (unpaired) electrons. The highest BCUT2D eigenvalue weighted by Gasteiger charge is 2.14. The molecule has 2 nitrogen and oxygen atoms in total. The predicted molar refractivity (Wildman–Crippen MR) is 93.2 cm³/mol. The zero-order valence-corrected chi connectivity index (χ0v) is 14.1. The average Bonchev–Trinajstić information content (AvgIpc) is 2.48. The van der Waals surface area contributed by atoms with Crippen molar-refractivity contribution in [3.63, 3.8) is 0 Å². The molecule has 1 unspecified atom stereocenters. The summed E-state index contributed by atoms with van der Waals surface area (Å²) in [5.41, 5.74) is 5.07. The molecule has 0 amide bonds. The number of nitrogens with one attached hydrogen (secondary N) is 1. The molecule has 0 bridgehead atoms. The molecule has 0 aliphatic heterocycles. The van der Waals surface area contributed by atoms with Crippen LogP contribution in [0.1, 0.15) is 11.1 Å². The summed E-state index contributed by atoms with van der Waals surface area (Å²) in [7, 11) is 0. The highest BCUT2D eigenvalue weighted by Crippen LogP contribution is 2.28. The molecule has 0 aliphatic carbocycles. The Morgan fingerprint density at radius 1 is 1.10 bits per heavy atom. The van der Waals surface area contributed by atoms with Gasteiger partial charge in [0, 0.05) is 26.7 Å². The fourth-order valence-electron chi connectivity index (χ4n) is 2.05. The maximum Gasteiger partial charge on any atom is 0.0453 e. The van der Waals surface area contributed by atoms with Gasteiger partial charge in [-0.05, 0) is 42.7 Å². The summed E-state index contributed by atoms with van der Waals surface area (Å²) in [6.07, 6.45) is 0.702. The van der Waals surface area contributed by atoms with Crippen LogP contribution in [0.15, 0.2) is 47.4 Å². The van der Waals surface area contributed by atoms with E-state index in [4.69, 9.17) is 29.0 Å². The molecule has 1 atom stereocenters. The first-order valence-corrected chi connectivity index (χ1v) is 8.43. The molecule has 2 aromatic carbocycles. The summed E-state index contributed by atoms with van der Waals surface area (Å²) in [6.45, 7) is 2.11. The molecule has 112 valence electrons. The highest BCUT2D eigenvalue weighted by molar-refractivity contribution is 7.99. The van der Waals surface area contributed by atoms with Crippen LogP contribution in [0.2, 0.25) is 10.0 Å². The number of nitrogens with two attached hydrogens (primary N) is 1. The molecule has 0 heterocycles. The molecule has 0 aromatic heterocycles. The summed E-state index contributed by atoms with van der Waals surface area (Å²) in [5.74, 6) is 6.52. The van der Waals surface area contributed by atoms with Gasteiger partial charge < -0.3 is 0 Å². The fourth-order valence-corrected chi connectivity index (χ4v) is 3.67. The van der Waals surface area contributed by atoms with Crippen LogP contribution in [0.3, 0.4) is 0 Å². The van der Waals surface area contributed by atoms with Gasteiger partial charge in [0.25, 0.3) is 0 Å². The van der Waals surface area contributed by atoms with Gasteiger partial charge in [-0.25, -0.2) is 0 Å². The minimum absolute atomic E-state index is 0.104. The third-order valence-electron chi connectivity index (χ3n) is 3.28. The number of benzene rings is 2. The molecule has 2 aromatic rings. The molecule has 21 heavy (non-hydrogen) atoms. The van der Waals surface area contributed by atoms with E-state index in [1.165, 1.54) is 10.5 Å². The highest BCUT2D eigenvalue weighted by atomic mass is 35.5. The van der Waals surface area contributed by atoms with Gasteiger partial charge in [0.2, 0.25) is 0 Å². The van der Waals surface area contributed by atoms with Crippen LogP contribution < -0.4 is 11.3 Å². The van der Waals surface area contributed by atoms with Crippen molar-refractivity contribution in [1.29, 1.82) is 0 Å². The van der Waals surface area contributed by atoms with Crippen molar-refractivity contribution in [3.8, 4) is 0 Å². The number of hydrogen-bond acceptors (Lipinski definition) is 3. The van der Waals surface area contributed by atoms with Crippen LogP contribution in [0.4, 0.5) is 0 Å². The zero-order chi connectivity index (χ0) is 15.2. The van der Waals surface area contributed by atoms with E-state index in [1.807, 2.05) is 30.3 Å². The molecule has 0 aliphatic rings. The lowest BCUT2D eigenvalue weighted by molar-refractivity contribution is 0.575. The quantitative estimate of drug-likeness (QED) is 0.463. The van der Waals surface area contributed by atoms with E-state index in [0.717, 1.165) is 11.3 Å². The van der Waals surface area contributed by atoms with Crippen LogP contribution in [-0.4, -0.2) is 11.8 Å². The largest absolute Gasteiger partial charge is 0.271 e. The SMILES string of the molecule is Cc1ccccc1SCC(Cc1c(Cl)cccc1Cl)NN. The maximum atomic E-state index is 6.21. The summed E-state index contributed by atoms with van der Waals surface area (Å²) in [5, 5.41) is 1.37. The molecular weight excluding hydrogens is 323 g/mol. The number of aryl methyl sites for hydroxylation is 1. The molecule has 0 saturated heterocycles. The summed E-state index contributed by atoms with van der Waals surface area (Å²) in [6, 6.07) is 14.0. The van der Waals surface area contributed by atoms with Crippen molar-refractivity contribution in [1.82, 2.24) is 5.43 Å². The summed E-state index contributed by atoms with van der Waals surface area (Å²) < 4.78 is 0. The maximum absolute atomic E-state index is 6.21. The molecule has 0 spiro atoms. The second-order valence-corrected chi connectivity index (χ2v) is 6.72. The van der Waals surface area contributed by atoms with Crippen molar-refractivity contribution >= 4 is 35.0 Å². The Kier molecular flexibility index (Phi) is 6.40. The third-order valence-corrected chi connectivity index (χ3v) is 5.33. The van der Waals surface area contributed by atoms with E-state index in [2.05, 4.69) is 24.5 Å². The van der Waals surface area contributed by atoms with E-state index in [-0.39, 0.29) is 6.04 Å². The second kappa shape index (κ2) is 8.06. The Morgan fingerprint density at radius 3 is 2.38 bits per heavy atom. The summed E-state index contributed by atoms with van der Waals surface area (Å²) >= 11 is 14.2. The number of thioether (sulfide) groups is 1. The van der Waals surface area contributed by atoms with Crippen LogP contribution in [0.25, 0.3) is 0 Å². The van der Waals surface area contributed by atoms with Gasteiger partial charge in [-0.1, -0.05) is 47.5 Å². The Balaban J connectivity index is 2.02. The van der Waals surface area contributed by atoms with Gasteiger partial charge in [0.15, 0.2) is 0 Å². The number of hydrazine groups is 1. The third kappa shape index (κ3) is 4.63. The van der Waals surface area contributed by atoms with Gasteiger partial charge in [0.05, 0.1) is 0 Å². The molecule has 0 saturated carbocycles. The Morgan fingerprint density at radius 2 is 1.76 bits per heavy atom. The van der Waals surface area contributed by atoms with Crippen LogP contribution in [0.5, 0.6) is 0 Å². The zero-order valence-electron chi connectivity index (χ0n) is 11.8. The van der Waals surface area contributed by atoms with Gasteiger partial charge in [-0.3, -0.25) is 11.3 Å². The van der Waals surface area contributed by atoms with Crippen molar-refractivity contribution in [2.24, 2.45) is 5.84 Å². The first-order chi connectivity index (χ1) is 10.1. The van der Waals surface area contributed by atoms with Crippen molar-refractivity contribution in [2.45, 2.75) is 24.3 Å². The smallest absolute Gasteiger partial charge is 0.0453 e. The van der Waals surface area contributed by atoms with E-state index < -0.39 is 0 Å². The van der Waals surface area contributed by atoms with Crippen LogP contribution in [-0.2, 0) is 6.42 Å². The number of hydrogen-bond donors (Lipinski definition) is 2. The first kappa shape index (κ1) is 16.7. The molecule has 5 heteroatoms. The minimum Gasteiger partial charge on any atom is -0.271 e. The lowest BCUT2D eigenvalue weighted by Crippen LogP contribution is -2.38. The van der Waals surface area contributed by atoms with Gasteiger partial charge >= 0.3 is 0 Å². The standard InChI is InChI=1S/C16H18Cl2N2S/c1-11-5-2-3-8-16(11)21-10-12(20-19)9-13-14(17)6-4-7-15(13)18/h2-8,12,20H,9-10,19H2,1H3. The van der Waals surface area contributed by atoms with Crippen LogP contribution in [0, 0.1) is 6.92 Å². The normalized spacial score (nSPS) is 12.4. The van der Waals surface area contributed by atoms with Crippen molar-refractivity contribution < 1.29 is 0 Å². The lowest BCUT2D eigenvalue weighted by atomic mass is 10.1. The van der Waals surface area contributed by atoms with Crippen LogP contribution >= 0.6 is 35.0 Å². The van der Waals surface area contributed by atoms with Gasteiger partial charge in [0.1, 0.15) is 0 Å². The lowest BCUT2D eigenvalue weighted by Gasteiger charge is -2.17. The average molecular weight is 341 g/mol. The Labute approximate surface area is 140 Å². The van der Waals surface area contributed by atoms with E-state index in [0.29, 0.717) is 16.5 Å². The monoisotopic (exact) mass is 340 g/mol.